The summed E-state index contributed by atoms with van der Waals surface area (Å²) >= 11 is 0. The van der Waals surface area contributed by atoms with Crippen LogP contribution in [-0.4, -0.2) is 0 Å². The summed E-state index contributed by atoms with van der Waals surface area (Å²) in [7, 11) is 0. The second-order valence-corrected chi connectivity index (χ2v) is 3.29. The molecule has 3 heteroatoms. The first kappa shape index (κ1) is 10.2. The summed E-state index contributed by atoms with van der Waals surface area (Å²) in [6.45, 7) is 0. The number of rotatable bonds is 2. The van der Waals surface area contributed by atoms with Crippen LogP contribution in [0.15, 0.2) is 48.5 Å². The standard InChI is InChI=1S/C13H9FN2/c14-11-6-7-13(16-9-15)12(8-11)10-4-2-1-3-5-10/h1-8,16H. The molecule has 0 saturated carbocycles. The highest BCUT2D eigenvalue weighted by Crippen LogP contribution is 2.28. The van der Waals surface area contributed by atoms with E-state index in [0.29, 0.717) is 11.3 Å². The van der Waals surface area contributed by atoms with E-state index in [-0.39, 0.29) is 5.82 Å². The van der Waals surface area contributed by atoms with Crippen LogP contribution in [0.5, 0.6) is 0 Å². The van der Waals surface area contributed by atoms with E-state index in [0.717, 1.165) is 5.56 Å². The van der Waals surface area contributed by atoms with E-state index in [2.05, 4.69) is 5.32 Å². The zero-order chi connectivity index (χ0) is 11.4. The summed E-state index contributed by atoms with van der Waals surface area (Å²) in [5.74, 6) is -0.317. The van der Waals surface area contributed by atoms with Crippen molar-refractivity contribution in [2.24, 2.45) is 0 Å². The minimum atomic E-state index is -0.317. The molecule has 0 atom stereocenters. The van der Waals surface area contributed by atoms with E-state index >= 15 is 0 Å². The Balaban J connectivity index is 2.55. The number of nitrogens with one attached hydrogen (secondary N) is 1. The molecule has 0 aliphatic carbocycles. The molecule has 2 aromatic rings. The van der Waals surface area contributed by atoms with Crippen molar-refractivity contribution in [1.29, 1.82) is 5.26 Å². The number of benzene rings is 2. The molecule has 0 unspecified atom stereocenters. The van der Waals surface area contributed by atoms with Gasteiger partial charge in [-0.25, -0.2) is 4.39 Å². The first-order valence-corrected chi connectivity index (χ1v) is 4.81. The first-order chi connectivity index (χ1) is 7.81. The van der Waals surface area contributed by atoms with Crippen LogP contribution in [-0.2, 0) is 0 Å². The molecule has 2 rings (SSSR count). The third kappa shape index (κ3) is 2.01. The number of hydrogen-bond acceptors (Lipinski definition) is 2. The van der Waals surface area contributed by atoms with Gasteiger partial charge in [-0.1, -0.05) is 30.3 Å². The summed E-state index contributed by atoms with van der Waals surface area (Å²) in [5.41, 5.74) is 2.16. The van der Waals surface area contributed by atoms with Crippen molar-refractivity contribution in [1.82, 2.24) is 0 Å². The monoisotopic (exact) mass is 212 g/mol. The lowest BCUT2D eigenvalue weighted by atomic mass is 10.0. The molecule has 78 valence electrons. The molecule has 0 bridgehead atoms. The van der Waals surface area contributed by atoms with Gasteiger partial charge in [0.1, 0.15) is 5.82 Å². The SMILES string of the molecule is N#CNc1ccc(F)cc1-c1ccccc1. The van der Waals surface area contributed by atoms with E-state index in [1.165, 1.54) is 12.1 Å². The molecule has 0 radical (unpaired) electrons. The molecule has 0 aliphatic rings. The molecule has 2 aromatic carbocycles. The maximum atomic E-state index is 13.2. The Hall–Kier alpha value is -2.34. The van der Waals surface area contributed by atoms with Crippen LogP contribution in [0.25, 0.3) is 11.1 Å². The lowest BCUT2D eigenvalue weighted by molar-refractivity contribution is 0.628. The highest BCUT2D eigenvalue weighted by Gasteiger charge is 2.05. The van der Waals surface area contributed by atoms with E-state index in [4.69, 9.17) is 5.26 Å². The summed E-state index contributed by atoms with van der Waals surface area (Å²) in [6.07, 6.45) is 1.84. The topological polar surface area (TPSA) is 35.8 Å². The molecule has 0 spiro atoms. The highest BCUT2D eigenvalue weighted by molar-refractivity contribution is 5.78. The van der Waals surface area contributed by atoms with Gasteiger partial charge >= 0.3 is 0 Å². The molecular weight excluding hydrogens is 203 g/mol. The predicted molar refractivity (Wildman–Crippen MR) is 61.1 cm³/mol. The highest BCUT2D eigenvalue weighted by atomic mass is 19.1. The fourth-order valence-electron chi connectivity index (χ4n) is 1.54. The van der Waals surface area contributed by atoms with Gasteiger partial charge in [-0.3, -0.25) is 5.32 Å². The second-order valence-electron chi connectivity index (χ2n) is 3.29. The lowest BCUT2D eigenvalue weighted by Gasteiger charge is -2.07. The van der Waals surface area contributed by atoms with Gasteiger partial charge in [-0.05, 0) is 23.8 Å². The summed E-state index contributed by atoms with van der Waals surface area (Å²) in [5, 5.41) is 11.1. The van der Waals surface area contributed by atoms with Crippen molar-refractivity contribution in [3.63, 3.8) is 0 Å². The van der Waals surface area contributed by atoms with Crippen molar-refractivity contribution in [3.05, 3.63) is 54.3 Å². The van der Waals surface area contributed by atoms with Crippen molar-refractivity contribution in [3.8, 4) is 17.3 Å². The molecule has 16 heavy (non-hydrogen) atoms. The van der Waals surface area contributed by atoms with Gasteiger partial charge in [-0.2, -0.15) is 5.26 Å². The van der Waals surface area contributed by atoms with Crippen LogP contribution < -0.4 is 5.32 Å². The molecule has 0 amide bonds. The Bertz CT molecular complexity index is 529. The average molecular weight is 212 g/mol. The largest absolute Gasteiger partial charge is 0.292 e. The normalized spacial score (nSPS) is 9.50. The van der Waals surface area contributed by atoms with Crippen LogP contribution in [0.3, 0.4) is 0 Å². The van der Waals surface area contributed by atoms with Gasteiger partial charge in [0.25, 0.3) is 0 Å². The van der Waals surface area contributed by atoms with Crippen molar-refractivity contribution < 1.29 is 4.39 Å². The molecule has 0 fully saturated rings. The Labute approximate surface area is 93.0 Å². The van der Waals surface area contributed by atoms with Crippen LogP contribution in [0.2, 0.25) is 0 Å². The zero-order valence-electron chi connectivity index (χ0n) is 8.44. The van der Waals surface area contributed by atoms with E-state index in [1.54, 1.807) is 6.07 Å². The van der Waals surface area contributed by atoms with Gasteiger partial charge in [-0.15, -0.1) is 0 Å². The Morgan fingerprint density at radius 1 is 1.06 bits per heavy atom. The summed E-state index contributed by atoms with van der Waals surface area (Å²) < 4.78 is 13.2. The Morgan fingerprint density at radius 2 is 1.81 bits per heavy atom. The molecule has 0 saturated heterocycles. The van der Waals surface area contributed by atoms with E-state index in [1.807, 2.05) is 36.5 Å². The molecule has 1 N–H and O–H groups in total. The van der Waals surface area contributed by atoms with Crippen LogP contribution in [0.1, 0.15) is 0 Å². The van der Waals surface area contributed by atoms with Gasteiger partial charge < -0.3 is 0 Å². The summed E-state index contributed by atoms with van der Waals surface area (Å²) in [4.78, 5) is 0. The number of nitriles is 1. The van der Waals surface area contributed by atoms with Crippen molar-refractivity contribution in [2.75, 3.05) is 5.32 Å². The maximum Gasteiger partial charge on any atom is 0.181 e. The van der Waals surface area contributed by atoms with E-state index < -0.39 is 0 Å². The molecular formula is C13H9FN2. The zero-order valence-corrected chi connectivity index (χ0v) is 8.44. The van der Waals surface area contributed by atoms with Gasteiger partial charge in [0.15, 0.2) is 6.19 Å². The van der Waals surface area contributed by atoms with E-state index in [9.17, 15) is 4.39 Å². The van der Waals surface area contributed by atoms with Crippen LogP contribution >= 0.6 is 0 Å². The quantitative estimate of drug-likeness (QED) is 0.611. The molecule has 0 aromatic heterocycles. The fraction of sp³-hybridized carbons (Fsp3) is 0. The number of halogens is 1. The van der Waals surface area contributed by atoms with Crippen molar-refractivity contribution >= 4 is 5.69 Å². The smallest absolute Gasteiger partial charge is 0.181 e. The lowest BCUT2D eigenvalue weighted by Crippen LogP contribution is -1.92. The fourth-order valence-corrected chi connectivity index (χ4v) is 1.54. The second kappa shape index (κ2) is 4.45. The van der Waals surface area contributed by atoms with Gasteiger partial charge in [0.2, 0.25) is 0 Å². The summed E-state index contributed by atoms with van der Waals surface area (Å²) in [6, 6.07) is 13.7. The number of nitrogens with zero attached hydrogens (tertiary/aromatic N) is 1. The molecule has 0 aliphatic heterocycles. The number of hydrogen-bond donors (Lipinski definition) is 1. The van der Waals surface area contributed by atoms with Gasteiger partial charge in [0, 0.05) is 5.56 Å². The molecule has 0 heterocycles. The van der Waals surface area contributed by atoms with Crippen LogP contribution in [0, 0.1) is 17.3 Å². The Morgan fingerprint density at radius 3 is 2.50 bits per heavy atom. The maximum absolute atomic E-state index is 13.2. The van der Waals surface area contributed by atoms with Crippen LogP contribution in [0.4, 0.5) is 10.1 Å². The van der Waals surface area contributed by atoms with Crippen molar-refractivity contribution in [2.45, 2.75) is 0 Å². The predicted octanol–water partition coefficient (Wildman–Crippen LogP) is 3.39. The van der Waals surface area contributed by atoms with Gasteiger partial charge in [0.05, 0.1) is 5.69 Å². The third-order valence-corrected chi connectivity index (χ3v) is 2.26. The third-order valence-electron chi connectivity index (χ3n) is 2.26. The number of anilines is 1. The first-order valence-electron chi connectivity index (χ1n) is 4.81. The molecule has 2 nitrogen and oxygen atoms in total. The minimum Gasteiger partial charge on any atom is -0.292 e. The Kier molecular flexibility index (Phi) is 2.84. The average Bonchev–Trinajstić information content (AvgIpc) is 2.33. The minimum absolute atomic E-state index is 0.317.